The lowest BCUT2D eigenvalue weighted by molar-refractivity contribution is 0.112. The van der Waals surface area contributed by atoms with Crippen molar-refractivity contribution in [3.63, 3.8) is 0 Å². The fourth-order valence-corrected chi connectivity index (χ4v) is 2.10. The molecule has 0 aliphatic rings. The molecule has 0 heterocycles. The van der Waals surface area contributed by atoms with Crippen molar-refractivity contribution in [3.05, 3.63) is 52.8 Å². The number of carbonyl (C=O) groups is 1. The Morgan fingerprint density at radius 1 is 1.22 bits per heavy atom. The van der Waals surface area contributed by atoms with Crippen LogP contribution in [0.2, 0.25) is 5.02 Å². The van der Waals surface area contributed by atoms with Gasteiger partial charge in [-0.15, -0.1) is 0 Å². The predicted molar refractivity (Wildman–Crippen MR) is 68.8 cm³/mol. The second-order valence-corrected chi connectivity index (χ2v) is 4.02. The van der Waals surface area contributed by atoms with Crippen LogP contribution in [0.25, 0.3) is 11.1 Å². The first-order chi connectivity index (χ1) is 8.69. The Labute approximate surface area is 109 Å². The number of halogens is 2. The molecule has 0 aliphatic heterocycles. The molecule has 0 N–H and O–H groups in total. The molecule has 92 valence electrons. The summed E-state index contributed by atoms with van der Waals surface area (Å²) >= 11 is 6.10. The zero-order valence-corrected chi connectivity index (χ0v) is 10.4. The van der Waals surface area contributed by atoms with E-state index in [1.54, 1.807) is 24.3 Å². The van der Waals surface area contributed by atoms with Crippen LogP contribution in [0, 0.1) is 5.82 Å². The Balaban J connectivity index is 2.74. The van der Waals surface area contributed by atoms with Crippen molar-refractivity contribution >= 4 is 17.9 Å². The van der Waals surface area contributed by atoms with Crippen LogP contribution in [0.4, 0.5) is 4.39 Å². The fourth-order valence-electron chi connectivity index (χ4n) is 1.77. The average molecular weight is 265 g/mol. The van der Waals surface area contributed by atoms with Gasteiger partial charge in [0.15, 0.2) is 6.29 Å². The highest BCUT2D eigenvalue weighted by atomic mass is 35.5. The van der Waals surface area contributed by atoms with Gasteiger partial charge in [-0.1, -0.05) is 35.9 Å². The molecule has 2 nitrogen and oxygen atoms in total. The summed E-state index contributed by atoms with van der Waals surface area (Å²) in [5.41, 5.74) is 1.01. The summed E-state index contributed by atoms with van der Waals surface area (Å²) in [6.07, 6.45) is 0.671. The zero-order chi connectivity index (χ0) is 13.1. The molecule has 18 heavy (non-hydrogen) atoms. The average Bonchev–Trinajstić information content (AvgIpc) is 2.39. The van der Waals surface area contributed by atoms with E-state index >= 15 is 0 Å². The molecule has 0 radical (unpaired) electrons. The van der Waals surface area contributed by atoms with Crippen LogP contribution in [0.15, 0.2) is 36.4 Å². The maximum atomic E-state index is 13.9. The van der Waals surface area contributed by atoms with E-state index in [1.165, 1.54) is 19.2 Å². The van der Waals surface area contributed by atoms with Crippen LogP contribution in [-0.4, -0.2) is 13.4 Å². The summed E-state index contributed by atoms with van der Waals surface area (Å²) in [7, 11) is 1.45. The van der Waals surface area contributed by atoms with Gasteiger partial charge in [-0.25, -0.2) is 4.39 Å². The number of methoxy groups -OCH3 is 1. The van der Waals surface area contributed by atoms with E-state index in [0.29, 0.717) is 23.2 Å². The minimum atomic E-state index is -0.491. The van der Waals surface area contributed by atoms with Gasteiger partial charge in [0.05, 0.1) is 12.1 Å². The summed E-state index contributed by atoms with van der Waals surface area (Å²) in [6.45, 7) is 0. The molecule has 0 unspecified atom stereocenters. The van der Waals surface area contributed by atoms with E-state index in [2.05, 4.69) is 0 Å². The molecule has 0 amide bonds. The summed E-state index contributed by atoms with van der Waals surface area (Å²) < 4.78 is 19.0. The molecule has 2 aromatic rings. The maximum Gasteiger partial charge on any atom is 0.150 e. The SMILES string of the molecule is COc1ccc(F)c(-c2ccccc2C=O)c1Cl. The van der Waals surface area contributed by atoms with Crippen LogP contribution in [-0.2, 0) is 0 Å². The van der Waals surface area contributed by atoms with Gasteiger partial charge in [-0.3, -0.25) is 4.79 Å². The molecule has 2 aromatic carbocycles. The third kappa shape index (κ3) is 2.09. The van der Waals surface area contributed by atoms with Gasteiger partial charge < -0.3 is 4.74 Å². The van der Waals surface area contributed by atoms with Crippen LogP contribution in [0.1, 0.15) is 10.4 Å². The van der Waals surface area contributed by atoms with Gasteiger partial charge in [0.25, 0.3) is 0 Å². The molecule has 0 atom stereocenters. The molecule has 4 heteroatoms. The second kappa shape index (κ2) is 5.19. The monoisotopic (exact) mass is 264 g/mol. The van der Waals surface area contributed by atoms with Crippen molar-refractivity contribution in [1.29, 1.82) is 0 Å². The van der Waals surface area contributed by atoms with Gasteiger partial charge in [-0.2, -0.15) is 0 Å². The topological polar surface area (TPSA) is 26.3 Å². The van der Waals surface area contributed by atoms with Crippen LogP contribution >= 0.6 is 11.6 Å². The Kier molecular flexibility index (Phi) is 3.63. The number of hydrogen-bond donors (Lipinski definition) is 0. The van der Waals surface area contributed by atoms with Gasteiger partial charge in [-0.05, 0) is 17.7 Å². The zero-order valence-electron chi connectivity index (χ0n) is 9.61. The van der Waals surface area contributed by atoms with E-state index in [9.17, 15) is 9.18 Å². The van der Waals surface area contributed by atoms with Crippen molar-refractivity contribution in [2.45, 2.75) is 0 Å². The Morgan fingerprint density at radius 2 is 1.94 bits per heavy atom. The van der Waals surface area contributed by atoms with Crippen molar-refractivity contribution in [1.82, 2.24) is 0 Å². The Hall–Kier alpha value is -1.87. The highest BCUT2D eigenvalue weighted by Gasteiger charge is 2.16. The minimum Gasteiger partial charge on any atom is -0.495 e. The number of benzene rings is 2. The van der Waals surface area contributed by atoms with Crippen molar-refractivity contribution < 1.29 is 13.9 Å². The predicted octanol–water partition coefficient (Wildman–Crippen LogP) is 3.97. The Bertz CT molecular complexity index is 596. The van der Waals surface area contributed by atoms with Gasteiger partial charge in [0, 0.05) is 11.1 Å². The van der Waals surface area contributed by atoms with E-state index < -0.39 is 5.82 Å². The third-order valence-corrected chi connectivity index (χ3v) is 3.01. The quantitative estimate of drug-likeness (QED) is 0.784. The molecule has 0 saturated carbocycles. The normalized spacial score (nSPS) is 10.2. The van der Waals surface area contributed by atoms with E-state index in [-0.39, 0.29) is 10.6 Å². The lowest BCUT2D eigenvalue weighted by atomic mass is 9.99. The van der Waals surface area contributed by atoms with E-state index in [4.69, 9.17) is 16.3 Å². The number of carbonyl (C=O) groups excluding carboxylic acids is 1. The Morgan fingerprint density at radius 3 is 2.61 bits per heavy atom. The van der Waals surface area contributed by atoms with E-state index in [1.807, 2.05) is 0 Å². The van der Waals surface area contributed by atoms with Crippen molar-refractivity contribution in [2.24, 2.45) is 0 Å². The van der Waals surface area contributed by atoms with Gasteiger partial charge in [0.2, 0.25) is 0 Å². The van der Waals surface area contributed by atoms with Crippen molar-refractivity contribution in [2.75, 3.05) is 7.11 Å². The highest BCUT2D eigenvalue weighted by molar-refractivity contribution is 6.35. The third-order valence-electron chi connectivity index (χ3n) is 2.63. The highest BCUT2D eigenvalue weighted by Crippen LogP contribution is 2.38. The summed E-state index contributed by atoms with van der Waals surface area (Å²) in [5.74, 6) is -0.121. The smallest absolute Gasteiger partial charge is 0.150 e. The molecular weight excluding hydrogens is 255 g/mol. The standard InChI is InChI=1S/C14H10ClFO2/c1-18-12-7-6-11(16)13(14(12)15)10-5-3-2-4-9(10)8-17/h2-8H,1H3. The first-order valence-corrected chi connectivity index (χ1v) is 5.63. The summed E-state index contributed by atoms with van der Waals surface area (Å²) in [6, 6.07) is 9.40. The second-order valence-electron chi connectivity index (χ2n) is 3.64. The van der Waals surface area contributed by atoms with Crippen LogP contribution in [0.5, 0.6) is 5.75 Å². The van der Waals surface area contributed by atoms with Crippen LogP contribution < -0.4 is 4.74 Å². The lowest BCUT2D eigenvalue weighted by Crippen LogP contribution is -1.94. The molecule has 2 rings (SSSR count). The molecule has 0 spiro atoms. The van der Waals surface area contributed by atoms with Gasteiger partial charge >= 0.3 is 0 Å². The minimum absolute atomic E-state index is 0.159. The lowest BCUT2D eigenvalue weighted by Gasteiger charge is -2.11. The molecule has 0 aromatic heterocycles. The molecular formula is C14H10ClFO2. The molecule has 0 aliphatic carbocycles. The number of aldehydes is 1. The molecule has 0 fully saturated rings. The first-order valence-electron chi connectivity index (χ1n) is 5.25. The molecule has 0 bridgehead atoms. The van der Waals surface area contributed by atoms with Crippen LogP contribution in [0.3, 0.4) is 0 Å². The fraction of sp³-hybridized carbons (Fsp3) is 0.0714. The van der Waals surface area contributed by atoms with Crippen molar-refractivity contribution in [3.8, 4) is 16.9 Å². The largest absolute Gasteiger partial charge is 0.495 e. The van der Waals surface area contributed by atoms with E-state index in [0.717, 1.165) is 0 Å². The number of hydrogen-bond acceptors (Lipinski definition) is 2. The summed E-state index contributed by atoms with van der Waals surface area (Å²) in [4.78, 5) is 11.0. The number of rotatable bonds is 3. The number of ether oxygens (including phenoxy) is 1. The first kappa shape index (κ1) is 12.6. The summed E-state index contributed by atoms with van der Waals surface area (Å²) in [5, 5.41) is 0.159. The molecule has 0 saturated heterocycles. The maximum absolute atomic E-state index is 13.9. The van der Waals surface area contributed by atoms with Gasteiger partial charge in [0.1, 0.15) is 11.6 Å².